The molecular formula is C22H21N3O3S. The zero-order valence-corrected chi connectivity index (χ0v) is 17.0. The average Bonchev–Trinajstić information content (AvgIpc) is 2.71. The summed E-state index contributed by atoms with van der Waals surface area (Å²) < 4.78 is 5.40. The van der Waals surface area contributed by atoms with E-state index in [9.17, 15) is 14.9 Å². The van der Waals surface area contributed by atoms with E-state index in [1.165, 1.54) is 0 Å². The Balaban J connectivity index is 1.79. The largest absolute Gasteiger partial charge is 0.496 e. The summed E-state index contributed by atoms with van der Waals surface area (Å²) in [5, 5.41) is 15.7. The van der Waals surface area contributed by atoms with Gasteiger partial charge in [0.25, 0.3) is 0 Å². The van der Waals surface area contributed by atoms with E-state index >= 15 is 0 Å². The van der Waals surface area contributed by atoms with E-state index in [4.69, 9.17) is 4.74 Å². The number of hydrogen-bond acceptors (Lipinski definition) is 5. The third kappa shape index (κ3) is 4.98. The van der Waals surface area contributed by atoms with Crippen LogP contribution in [0, 0.1) is 18.3 Å². The van der Waals surface area contributed by atoms with Crippen molar-refractivity contribution < 1.29 is 14.3 Å². The molecule has 1 atom stereocenters. The third-order valence-corrected chi connectivity index (χ3v) is 5.54. The number of nitrogens with one attached hydrogen (secondary N) is 2. The van der Waals surface area contributed by atoms with E-state index in [0.29, 0.717) is 22.0 Å². The van der Waals surface area contributed by atoms with E-state index in [-0.39, 0.29) is 24.0 Å². The minimum atomic E-state index is -0.410. The Morgan fingerprint density at radius 3 is 2.83 bits per heavy atom. The van der Waals surface area contributed by atoms with Gasteiger partial charge in [0.2, 0.25) is 11.8 Å². The fraction of sp³-hybridized carbons (Fsp3) is 0.227. The molecule has 0 bridgehead atoms. The van der Waals surface area contributed by atoms with Gasteiger partial charge in [-0.25, -0.2) is 0 Å². The molecule has 2 N–H and O–H groups in total. The lowest BCUT2D eigenvalue weighted by atomic mass is 9.86. The summed E-state index contributed by atoms with van der Waals surface area (Å²) in [5.41, 5.74) is 2.97. The number of para-hydroxylation sites is 1. The predicted molar refractivity (Wildman–Crippen MR) is 113 cm³/mol. The number of carbonyl (C=O) groups excluding carboxylic acids is 2. The maximum atomic E-state index is 12.3. The number of nitrogens with zero attached hydrogens (tertiary/aromatic N) is 1. The Bertz CT molecular complexity index is 1010. The minimum absolute atomic E-state index is 0.0768. The summed E-state index contributed by atoms with van der Waals surface area (Å²) in [4.78, 5) is 24.6. The summed E-state index contributed by atoms with van der Waals surface area (Å²) >= 11 is 1.15. The van der Waals surface area contributed by atoms with E-state index < -0.39 is 5.92 Å². The first-order chi connectivity index (χ1) is 14.0. The minimum Gasteiger partial charge on any atom is -0.496 e. The van der Waals surface area contributed by atoms with Crippen molar-refractivity contribution in [1.82, 2.24) is 5.32 Å². The molecule has 1 aliphatic heterocycles. The van der Waals surface area contributed by atoms with Crippen molar-refractivity contribution in [1.29, 1.82) is 5.26 Å². The number of ether oxygens (including phenoxy) is 1. The fourth-order valence-electron chi connectivity index (χ4n) is 3.21. The van der Waals surface area contributed by atoms with Crippen molar-refractivity contribution in [3.8, 4) is 11.8 Å². The van der Waals surface area contributed by atoms with Gasteiger partial charge in [0.05, 0.1) is 29.5 Å². The number of benzene rings is 2. The Hall–Kier alpha value is -3.24. The summed E-state index contributed by atoms with van der Waals surface area (Å²) in [7, 11) is 1.56. The summed E-state index contributed by atoms with van der Waals surface area (Å²) in [6.07, 6.45) is 0.156. The number of methoxy groups -OCH3 is 1. The van der Waals surface area contributed by atoms with Crippen LogP contribution in [0.25, 0.3) is 0 Å². The molecule has 148 valence electrons. The van der Waals surface area contributed by atoms with Gasteiger partial charge in [0, 0.05) is 23.6 Å². The van der Waals surface area contributed by atoms with Crippen LogP contribution < -0.4 is 15.4 Å². The van der Waals surface area contributed by atoms with Crippen LogP contribution in [0.2, 0.25) is 0 Å². The van der Waals surface area contributed by atoms with Crippen molar-refractivity contribution in [3.05, 3.63) is 70.3 Å². The van der Waals surface area contributed by atoms with Crippen molar-refractivity contribution >= 4 is 29.3 Å². The summed E-state index contributed by atoms with van der Waals surface area (Å²) in [5.74, 6) is -0.109. The molecule has 0 aromatic heterocycles. The first kappa shape index (κ1) is 20.5. The molecular weight excluding hydrogens is 386 g/mol. The van der Waals surface area contributed by atoms with Gasteiger partial charge in [-0.05, 0) is 30.7 Å². The van der Waals surface area contributed by atoms with Crippen molar-refractivity contribution in [2.45, 2.75) is 19.3 Å². The van der Waals surface area contributed by atoms with Gasteiger partial charge >= 0.3 is 0 Å². The van der Waals surface area contributed by atoms with Gasteiger partial charge in [0.1, 0.15) is 5.75 Å². The van der Waals surface area contributed by atoms with Gasteiger partial charge in [-0.15, -0.1) is 0 Å². The smallest absolute Gasteiger partial charge is 0.234 e. The van der Waals surface area contributed by atoms with Crippen molar-refractivity contribution in [2.75, 3.05) is 18.2 Å². The number of amides is 2. The predicted octanol–water partition coefficient (Wildman–Crippen LogP) is 3.71. The molecule has 1 unspecified atom stereocenters. The molecule has 2 aromatic rings. The van der Waals surface area contributed by atoms with Gasteiger partial charge in [0.15, 0.2) is 0 Å². The number of nitriles is 1. The number of carbonyl (C=O) groups is 2. The fourth-order valence-corrected chi connectivity index (χ4v) is 4.09. The molecule has 6 nitrogen and oxygen atoms in total. The van der Waals surface area contributed by atoms with Gasteiger partial charge in [-0.2, -0.15) is 5.26 Å². The molecule has 1 aliphatic rings. The number of rotatable bonds is 6. The van der Waals surface area contributed by atoms with Crippen LogP contribution in [0.1, 0.15) is 23.5 Å². The Kier molecular flexibility index (Phi) is 6.57. The molecule has 0 aliphatic carbocycles. The highest BCUT2D eigenvalue weighted by atomic mass is 32.2. The normalized spacial score (nSPS) is 16.0. The zero-order chi connectivity index (χ0) is 20.8. The van der Waals surface area contributed by atoms with Gasteiger partial charge in [-0.1, -0.05) is 42.1 Å². The lowest BCUT2D eigenvalue weighted by Crippen LogP contribution is -2.31. The second-order valence-corrected chi connectivity index (χ2v) is 7.59. The number of thioether (sulfide) groups is 1. The number of allylic oxidation sites excluding steroid dienone is 1. The van der Waals surface area contributed by atoms with Crippen LogP contribution in [0.3, 0.4) is 0 Å². The number of aryl methyl sites for hydroxylation is 1. The topological polar surface area (TPSA) is 91.2 Å². The molecule has 29 heavy (non-hydrogen) atoms. The molecule has 1 heterocycles. The number of anilines is 1. The third-order valence-electron chi connectivity index (χ3n) is 4.52. The maximum absolute atomic E-state index is 12.3. The highest BCUT2D eigenvalue weighted by Gasteiger charge is 2.31. The quantitative estimate of drug-likeness (QED) is 0.762. The summed E-state index contributed by atoms with van der Waals surface area (Å²) in [6, 6.07) is 17.1. The average molecular weight is 407 g/mol. The molecule has 2 aromatic carbocycles. The highest BCUT2D eigenvalue weighted by molar-refractivity contribution is 8.03. The first-order valence-electron chi connectivity index (χ1n) is 9.08. The molecule has 2 amide bonds. The molecule has 0 radical (unpaired) electrons. The van der Waals surface area contributed by atoms with Crippen LogP contribution >= 0.6 is 11.8 Å². The van der Waals surface area contributed by atoms with E-state index in [0.717, 1.165) is 22.9 Å². The monoisotopic (exact) mass is 407 g/mol. The molecule has 0 spiro atoms. The van der Waals surface area contributed by atoms with E-state index in [1.807, 2.05) is 49.4 Å². The van der Waals surface area contributed by atoms with E-state index in [2.05, 4.69) is 16.7 Å². The van der Waals surface area contributed by atoms with Crippen LogP contribution in [-0.2, 0) is 9.59 Å². The first-order valence-corrected chi connectivity index (χ1v) is 10.1. The second-order valence-electron chi connectivity index (χ2n) is 6.61. The van der Waals surface area contributed by atoms with Gasteiger partial charge < -0.3 is 15.4 Å². The maximum Gasteiger partial charge on any atom is 0.234 e. The molecule has 3 rings (SSSR count). The second kappa shape index (κ2) is 9.30. The van der Waals surface area contributed by atoms with Crippen LogP contribution in [0.4, 0.5) is 5.69 Å². The van der Waals surface area contributed by atoms with Crippen LogP contribution in [0.15, 0.2) is 59.1 Å². The van der Waals surface area contributed by atoms with Crippen molar-refractivity contribution in [3.63, 3.8) is 0 Å². The molecule has 0 saturated carbocycles. The SMILES string of the molecule is COc1ccccc1C1CC(=O)NC(SCC(=O)Nc2cccc(C)c2)=C1C#N. The molecule has 7 heteroatoms. The lowest BCUT2D eigenvalue weighted by Gasteiger charge is -2.26. The summed E-state index contributed by atoms with van der Waals surface area (Å²) in [6.45, 7) is 1.95. The lowest BCUT2D eigenvalue weighted by molar-refractivity contribution is -0.121. The van der Waals surface area contributed by atoms with E-state index in [1.54, 1.807) is 13.2 Å². The highest BCUT2D eigenvalue weighted by Crippen LogP contribution is 2.39. The van der Waals surface area contributed by atoms with Crippen LogP contribution in [-0.4, -0.2) is 24.7 Å². The zero-order valence-electron chi connectivity index (χ0n) is 16.2. The standard InChI is InChI=1S/C22H21N3O3S/c1-14-6-5-7-15(10-14)24-21(27)13-29-22-18(12-23)17(11-20(26)25-22)16-8-3-4-9-19(16)28-2/h3-10,17H,11,13H2,1-2H3,(H,24,27)(H,25,26). The van der Waals surface area contributed by atoms with Gasteiger partial charge in [-0.3, -0.25) is 9.59 Å². The molecule has 0 saturated heterocycles. The van der Waals surface area contributed by atoms with Crippen LogP contribution in [0.5, 0.6) is 5.75 Å². The Morgan fingerprint density at radius 1 is 1.31 bits per heavy atom. The molecule has 0 fully saturated rings. The Labute approximate surface area is 173 Å². The van der Waals surface area contributed by atoms with Crippen molar-refractivity contribution in [2.24, 2.45) is 0 Å². The Morgan fingerprint density at radius 2 is 2.10 bits per heavy atom. The number of hydrogen-bond donors (Lipinski definition) is 2.